The van der Waals surface area contributed by atoms with Crippen LogP contribution < -0.4 is 10.6 Å². The lowest BCUT2D eigenvalue weighted by molar-refractivity contribution is 0.573. The van der Waals surface area contributed by atoms with E-state index in [2.05, 4.69) is 42.3 Å². The van der Waals surface area contributed by atoms with Crippen molar-refractivity contribution in [2.45, 2.75) is 26.3 Å². The number of aryl methyl sites for hydroxylation is 1. The topological polar surface area (TPSA) is 87.5 Å². The zero-order chi connectivity index (χ0) is 24.3. The van der Waals surface area contributed by atoms with Gasteiger partial charge in [0.1, 0.15) is 23.7 Å². The van der Waals surface area contributed by atoms with Gasteiger partial charge in [0, 0.05) is 61.5 Å². The highest BCUT2D eigenvalue weighted by atomic mass is 19.1. The molecule has 0 aliphatic heterocycles. The summed E-state index contributed by atoms with van der Waals surface area (Å²) in [6.45, 7) is 6.02. The summed E-state index contributed by atoms with van der Waals surface area (Å²) in [5.41, 5.74) is 3.76. The van der Waals surface area contributed by atoms with Gasteiger partial charge in [0.15, 0.2) is 5.82 Å². The molecule has 2 N–H and O–H groups in total. The molecule has 0 radical (unpaired) electrons. The molecule has 0 aromatic carbocycles. The number of allylic oxidation sites excluding steroid dienone is 1. The first-order valence-corrected chi connectivity index (χ1v) is 10.8. The number of likely N-dealkylation sites (N-methyl/N-ethyl adjacent to an activating group) is 1. The summed E-state index contributed by atoms with van der Waals surface area (Å²) in [5.74, 6) is -0.974. The molecule has 0 amide bonds. The molecule has 0 aliphatic rings. The van der Waals surface area contributed by atoms with Gasteiger partial charge in [0.25, 0.3) is 0 Å². The van der Waals surface area contributed by atoms with Crippen LogP contribution in [0.3, 0.4) is 0 Å². The van der Waals surface area contributed by atoms with E-state index in [1.807, 2.05) is 20.0 Å². The number of rotatable bonds is 11. The second-order valence-corrected chi connectivity index (χ2v) is 7.53. The quantitative estimate of drug-likeness (QED) is 0.332. The molecule has 3 heterocycles. The van der Waals surface area contributed by atoms with Crippen LogP contribution in [0.4, 0.5) is 8.78 Å². The molecular weight excluding hydrogens is 436 g/mol. The molecular formula is C25H27F2N7. The molecule has 3 rings (SSSR count). The van der Waals surface area contributed by atoms with Crippen molar-refractivity contribution >= 4 is 13.1 Å². The third-order valence-corrected chi connectivity index (χ3v) is 5.00. The summed E-state index contributed by atoms with van der Waals surface area (Å²) in [7, 11) is 1.85. The second-order valence-electron chi connectivity index (χ2n) is 7.53. The maximum Gasteiger partial charge on any atom is 0.160 e. The lowest BCUT2D eigenvalue weighted by atomic mass is 10.1. The Kier molecular flexibility index (Phi) is 9.04. The average molecular weight is 464 g/mol. The number of nitrogens with zero attached hydrogens (tertiary/aromatic N) is 5. The van der Waals surface area contributed by atoms with Gasteiger partial charge in [-0.1, -0.05) is 6.07 Å². The van der Waals surface area contributed by atoms with E-state index >= 15 is 4.39 Å². The highest BCUT2D eigenvalue weighted by molar-refractivity contribution is 5.63. The van der Waals surface area contributed by atoms with E-state index in [4.69, 9.17) is 0 Å². The van der Waals surface area contributed by atoms with Gasteiger partial charge in [-0.05, 0) is 56.1 Å². The van der Waals surface area contributed by atoms with Crippen LogP contribution in [-0.4, -0.2) is 41.6 Å². The van der Waals surface area contributed by atoms with E-state index < -0.39 is 11.6 Å². The minimum Gasteiger partial charge on any atom is -0.364 e. The normalized spacial score (nSPS) is 12.0. The van der Waals surface area contributed by atoms with E-state index in [1.54, 1.807) is 36.8 Å². The molecule has 176 valence electrons. The lowest BCUT2D eigenvalue weighted by Crippen LogP contribution is -2.15. The van der Waals surface area contributed by atoms with Gasteiger partial charge in [-0.3, -0.25) is 19.9 Å². The summed E-state index contributed by atoms with van der Waals surface area (Å²) < 4.78 is 29.9. The number of halogens is 2. The van der Waals surface area contributed by atoms with Crippen LogP contribution in [-0.2, 0) is 19.4 Å². The number of aromatic nitrogens is 3. The molecule has 0 bridgehead atoms. The van der Waals surface area contributed by atoms with E-state index in [-0.39, 0.29) is 24.5 Å². The highest BCUT2D eigenvalue weighted by Crippen LogP contribution is 2.22. The SMILES string of the molecule is C=NC=N/C(NCc1cnc(-c2ccnc(C)c2)c(F)c1)=C(/F)Cc1cccnc1CCNC. The summed E-state index contributed by atoms with van der Waals surface area (Å²) in [5, 5.41) is 5.99. The third-order valence-electron chi connectivity index (χ3n) is 5.00. The minimum absolute atomic E-state index is 0.00920. The Labute approximate surface area is 197 Å². The minimum atomic E-state index is -0.490. The van der Waals surface area contributed by atoms with E-state index in [0.29, 0.717) is 17.5 Å². The number of pyridine rings is 3. The molecule has 0 spiro atoms. The summed E-state index contributed by atoms with van der Waals surface area (Å²) >= 11 is 0. The Balaban J connectivity index is 1.78. The first-order chi connectivity index (χ1) is 16.5. The van der Waals surface area contributed by atoms with Gasteiger partial charge >= 0.3 is 0 Å². The molecule has 0 saturated carbocycles. The molecule has 0 unspecified atom stereocenters. The van der Waals surface area contributed by atoms with Crippen molar-refractivity contribution in [3.8, 4) is 11.3 Å². The van der Waals surface area contributed by atoms with Crippen LogP contribution in [0.5, 0.6) is 0 Å². The lowest BCUT2D eigenvalue weighted by Gasteiger charge is -2.11. The van der Waals surface area contributed by atoms with Crippen LogP contribution in [0.1, 0.15) is 22.5 Å². The molecule has 3 aromatic rings. The van der Waals surface area contributed by atoms with Crippen molar-refractivity contribution in [2.75, 3.05) is 13.6 Å². The van der Waals surface area contributed by atoms with E-state index in [1.165, 1.54) is 6.07 Å². The fourth-order valence-corrected chi connectivity index (χ4v) is 3.33. The Morgan fingerprint density at radius 3 is 2.76 bits per heavy atom. The van der Waals surface area contributed by atoms with Gasteiger partial charge < -0.3 is 10.6 Å². The first-order valence-electron chi connectivity index (χ1n) is 10.8. The fourth-order valence-electron chi connectivity index (χ4n) is 3.33. The maximum absolute atomic E-state index is 15.2. The van der Waals surface area contributed by atoms with Crippen molar-refractivity contribution in [2.24, 2.45) is 9.98 Å². The van der Waals surface area contributed by atoms with Gasteiger partial charge in [0.05, 0.1) is 0 Å². The van der Waals surface area contributed by atoms with Gasteiger partial charge in [0.2, 0.25) is 0 Å². The molecule has 0 atom stereocenters. The monoisotopic (exact) mass is 463 g/mol. The zero-order valence-electron chi connectivity index (χ0n) is 19.2. The number of hydrogen-bond acceptors (Lipinski definition) is 6. The van der Waals surface area contributed by atoms with Crippen molar-refractivity contribution in [1.29, 1.82) is 0 Å². The van der Waals surface area contributed by atoms with Crippen LogP contribution >= 0.6 is 0 Å². The fraction of sp³-hybridized carbons (Fsp3) is 0.240. The number of aliphatic imine (C=N–C) groups is 2. The predicted molar refractivity (Wildman–Crippen MR) is 131 cm³/mol. The molecule has 9 heteroatoms. The Hall–Kier alpha value is -3.85. The van der Waals surface area contributed by atoms with Crippen LogP contribution in [0.15, 0.2) is 70.6 Å². The van der Waals surface area contributed by atoms with Gasteiger partial charge in [-0.25, -0.2) is 13.8 Å². The van der Waals surface area contributed by atoms with Crippen molar-refractivity contribution in [1.82, 2.24) is 25.6 Å². The smallest absolute Gasteiger partial charge is 0.160 e. The van der Waals surface area contributed by atoms with Crippen LogP contribution in [0, 0.1) is 12.7 Å². The third kappa shape index (κ3) is 6.82. The van der Waals surface area contributed by atoms with Crippen molar-refractivity contribution in [3.63, 3.8) is 0 Å². The molecule has 7 nitrogen and oxygen atoms in total. The molecule has 0 aliphatic carbocycles. The van der Waals surface area contributed by atoms with E-state index in [0.717, 1.165) is 29.8 Å². The van der Waals surface area contributed by atoms with Gasteiger partial charge in [-0.2, -0.15) is 0 Å². The second kappa shape index (κ2) is 12.4. The van der Waals surface area contributed by atoms with E-state index in [9.17, 15) is 4.39 Å². The number of hydrogen-bond donors (Lipinski definition) is 2. The highest BCUT2D eigenvalue weighted by Gasteiger charge is 2.12. The Morgan fingerprint density at radius 2 is 2.03 bits per heavy atom. The van der Waals surface area contributed by atoms with Crippen LogP contribution in [0.2, 0.25) is 0 Å². The Bertz CT molecular complexity index is 1190. The summed E-state index contributed by atoms with van der Waals surface area (Å²) in [6, 6.07) is 8.44. The Morgan fingerprint density at radius 1 is 1.18 bits per heavy atom. The van der Waals surface area contributed by atoms with Crippen molar-refractivity contribution in [3.05, 3.63) is 88.9 Å². The molecule has 3 aromatic heterocycles. The molecule has 0 fully saturated rings. The maximum atomic E-state index is 15.2. The first kappa shape index (κ1) is 24.8. The standard InChI is InChI=1S/C25H27F2N7/c1-17-11-20(6-10-30-17)24-21(26)12-18(14-32-24)15-33-25(34-16-29-3)22(27)13-19-5-4-8-31-23(19)7-9-28-2/h4-6,8,10-12,14,16,28,33H,3,7,9,13,15H2,1-2H3/b25-22+,34-16?. The summed E-state index contributed by atoms with van der Waals surface area (Å²) in [4.78, 5) is 20.3. The molecule has 34 heavy (non-hydrogen) atoms. The zero-order valence-corrected chi connectivity index (χ0v) is 19.2. The largest absolute Gasteiger partial charge is 0.364 e. The molecule has 0 saturated heterocycles. The predicted octanol–water partition coefficient (Wildman–Crippen LogP) is 3.95. The number of nitrogens with one attached hydrogen (secondary N) is 2. The van der Waals surface area contributed by atoms with Crippen LogP contribution in [0.25, 0.3) is 11.3 Å². The summed E-state index contributed by atoms with van der Waals surface area (Å²) in [6.07, 6.45) is 6.68. The average Bonchev–Trinajstić information content (AvgIpc) is 2.83. The van der Waals surface area contributed by atoms with Crippen molar-refractivity contribution < 1.29 is 8.78 Å². The van der Waals surface area contributed by atoms with Gasteiger partial charge in [-0.15, -0.1) is 0 Å².